The monoisotopic (exact) mass is 369 g/mol. The van der Waals surface area contributed by atoms with Crippen molar-refractivity contribution in [2.24, 2.45) is 7.05 Å². The van der Waals surface area contributed by atoms with E-state index in [4.69, 9.17) is 0 Å². The molecule has 0 saturated carbocycles. The van der Waals surface area contributed by atoms with Crippen LogP contribution in [0.2, 0.25) is 0 Å². The fourth-order valence-corrected chi connectivity index (χ4v) is 2.32. The second-order valence-electron chi connectivity index (χ2n) is 4.61. The number of aromatic nitrogens is 4. The Labute approximate surface area is 135 Å². The van der Waals surface area contributed by atoms with Crippen LogP contribution in [0.5, 0.6) is 0 Å². The molecule has 9 heteroatoms. The van der Waals surface area contributed by atoms with E-state index >= 15 is 0 Å². The number of ether oxygens (including phenoxy) is 1. The number of carbonyl (C=O) groups is 2. The summed E-state index contributed by atoms with van der Waals surface area (Å²) in [5.74, 6) is -0.887. The largest absolute Gasteiger partial charge is 0.464 e. The molecule has 0 fully saturated rings. The molecule has 8 nitrogen and oxygen atoms in total. The maximum atomic E-state index is 12.4. The van der Waals surface area contributed by atoms with Crippen LogP contribution < -0.4 is 5.32 Å². The Morgan fingerprint density at radius 1 is 1.45 bits per heavy atom. The van der Waals surface area contributed by atoms with E-state index in [1.54, 1.807) is 30.3 Å². The van der Waals surface area contributed by atoms with Crippen LogP contribution in [-0.2, 0) is 16.6 Å². The van der Waals surface area contributed by atoms with Gasteiger partial charge in [-0.15, -0.1) is 0 Å². The molecule has 118 valence electrons. The second-order valence-corrected chi connectivity index (χ2v) is 5.52. The van der Waals surface area contributed by atoms with Gasteiger partial charge in [0.25, 0.3) is 0 Å². The van der Waals surface area contributed by atoms with E-state index in [0.717, 1.165) is 4.47 Å². The van der Waals surface area contributed by atoms with Gasteiger partial charge in [-0.3, -0.25) is 14.2 Å². The molecule has 2 heterocycles. The summed E-state index contributed by atoms with van der Waals surface area (Å²) in [5.41, 5.74) is 0.374. The molecule has 0 aliphatic rings. The average Bonchev–Trinajstić information content (AvgIpc) is 3.05. The van der Waals surface area contributed by atoms with Crippen LogP contribution >= 0.6 is 15.9 Å². The van der Waals surface area contributed by atoms with Crippen molar-refractivity contribution in [3.05, 3.63) is 28.8 Å². The van der Waals surface area contributed by atoms with Crippen LogP contribution in [-0.4, -0.2) is 38.5 Å². The van der Waals surface area contributed by atoms with Gasteiger partial charge in [0.15, 0.2) is 5.69 Å². The second kappa shape index (κ2) is 6.73. The Hall–Kier alpha value is -2.16. The zero-order valence-electron chi connectivity index (χ0n) is 12.4. The number of amides is 1. The standard InChI is InChI=1S/C13H16BrN5O3/c1-4-10(19-6-8(14)5-15-19)12(20)16-9-7-18(2)17-11(9)13(21)22-3/h5-7,10H,4H2,1-3H3,(H,16,20). The molecule has 2 aromatic heterocycles. The number of halogens is 1. The summed E-state index contributed by atoms with van der Waals surface area (Å²) in [6.45, 7) is 1.88. The first-order valence-corrected chi connectivity index (χ1v) is 7.38. The van der Waals surface area contributed by atoms with Gasteiger partial charge in [0.1, 0.15) is 6.04 Å². The van der Waals surface area contributed by atoms with Crippen molar-refractivity contribution in [1.82, 2.24) is 19.6 Å². The average molecular weight is 370 g/mol. The van der Waals surface area contributed by atoms with Gasteiger partial charge < -0.3 is 10.1 Å². The number of aryl methyl sites for hydroxylation is 1. The molecular formula is C13H16BrN5O3. The Bertz CT molecular complexity index is 694. The summed E-state index contributed by atoms with van der Waals surface area (Å²) < 4.78 is 8.45. The number of nitrogens with one attached hydrogen (secondary N) is 1. The molecule has 2 aromatic rings. The molecule has 22 heavy (non-hydrogen) atoms. The zero-order chi connectivity index (χ0) is 16.3. The highest BCUT2D eigenvalue weighted by atomic mass is 79.9. The number of methoxy groups -OCH3 is 1. The van der Waals surface area contributed by atoms with Gasteiger partial charge in [-0.1, -0.05) is 6.92 Å². The number of anilines is 1. The lowest BCUT2D eigenvalue weighted by atomic mass is 10.2. The summed E-state index contributed by atoms with van der Waals surface area (Å²) >= 11 is 3.30. The molecule has 1 unspecified atom stereocenters. The SMILES string of the molecule is CCC(C(=O)Nc1cn(C)nc1C(=O)OC)n1cc(Br)cn1. The molecule has 0 aliphatic heterocycles. The van der Waals surface area contributed by atoms with Gasteiger partial charge in [-0.2, -0.15) is 10.2 Å². The van der Waals surface area contributed by atoms with E-state index in [2.05, 4.69) is 36.2 Å². The lowest BCUT2D eigenvalue weighted by molar-refractivity contribution is -0.119. The van der Waals surface area contributed by atoms with Crippen molar-refractivity contribution in [2.75, 3.05) is 12.4 Å². The molecule has 1 N–H and O–H groups in total. The highest BCUT2D eigenvalue weighted by molar-refractivity contribution is 9.10. The molecule has 0 aliphatic carbocycles. The number of hydrogen-bond donors (Lipinski definition) is 1. The molecule has 0 aromatic carbocycles. The predicted octanol–water partition coefficient (Wildman–Crippen LogP) is 1.76. The summed E-state index contributed by atoms with van der Waals surface area (Å²) in [7, 11) is 2.92. The van der Waals surface area contributed by atoms with Crippen LogP contribution in [0.15, 0.2) is 23.1 Å². The zero-order valence-corrected chi connectivity index (χ0v) is 14.0. The van der Waals surface area contributed by atoms with E-state index in [1.165, 1.54) is 11.8 Å². The summed E-state index contributed by atoms with van der Waals surface area (Å²) in [5, 5.41) is 10.8. The molecule has 1 amide bonds. The number of esters is 1. The predicted molar refractivity (Wildman–Crippen MR) is 82.4 cm³/mol. The van der Waals surface area contributed by atoms with Gasteiger partial charge in [-0.05, 0) is 22.4 Å². The molecule has 0 radical (unpaired) electrons. The van der Waals surface area contributed by atoms with Crippen molar-refractivity contribution in [1.29, 1.82) is 0 Å². The normalized spacial score (nSPS) is 12.0. The third-order valence-corrected chi connectivity index (χ3v) is 3.45. The van der Waals surface area contributed by atoms with Gasteiger partial charge in [0, 0.05) is 19.4 Å². The van der Waals surface area contributed by atoms with Crippen LogP contribution in [0.4, 0.5) is 5.69 Å². The van der Waals surface area contributed by atoms with Crippen molar-refractivity contribution in [3.8, 4) is 0 Å². The van der Waals surface area contributed by atoms with E-state index < -0.39 is 12.0 Å². The van der Waals surface area contributed by atoms with Gasteiger partial charge in [-0.25, -0.2) is 4.79 Å². The number of carbonyl (C=O) groups excluding carboxylic acids is 2. The Morgan fingerprint density at radius 2 is 2.18 bits per heavy atom. The smallest absolute Gasteiger partial charge is 0.360 e. The Balaban J connectivity index is 2.22. The molecule has 0 spiro atoms. The van der Waals surface area contributed by atoms with Crippen molar-refractivity contribution in [3.63, 3.8) is 0 Å². The minimum atomic E-state index is -0.606. The number of rotatable bonds is 5. The molecule has 1 atom stereocenters. The van der Waals surface area contributed by atoms with Crippen LogP contribution in [0.1, 0.15) is 29.9 Å². The van der Waals surface area contributed by atoms with Crippen molar-refractivity contribution >= 4 is 33.5 Å². The molecule has 2 rings (SSSR count). The number of hydrogen-bond acceptors (Lipinski definition) is 5. The van der Waals surface area contributed by atoms with Crippen molar-refractivity contribution < 1.29 is 14.3 Å². The molecular weight excluding hydrogens is 354 g/mol. The third kappa shape index (κ3) is 3.35. The van der Waals surface area contributed by atoms with Gasteiger partial charge in [0.2, 0.25) is 5.91 Å². The Kier molecular flexibility index (Phi) is 4.96. The first-order valence-electron chi connectivity index (χ1n) is 6.58. The fraction of sp³-hybridized carbons (Fsp3) is 0.385. The fourth-order valence-electron chi connectivity index (χ4n) is 2.02. The highest BCUT2D eigenvalue weighted by Gasteiger charge is 2.23. The third-order valence-electron chi connectivity index (χ3n) is 3.04. The summed E-state index contributed by atoms with van der Waals surface area (Å²) in [6, 6.07) is -0.489. The van der Waals surface area contributed by atoms with Crippen molar-refractivity contribution in [2.45, 2.75) is 19.4 Å². The number of nitrogens with zero attached hydrogens (tertiary/aromatic N) is 4. The highest BCUT2D eigenvalue weighted by Crippen LogP contribution is 2.19. The van der Waals surface area contributed by atoms with Crippen LogP contribution in [0.25, 0.3) is 0 Å². The van der Waals surface area contributed by atoms with Gasteiger partial charge in [0.05, 0.1) is 23.5 Å². The molecule has 0 saturated heterocycles. The van der Waals surface area contributed by atoms with Crippen LogP contribution in [0.3, 0.4) is 0 Å². The van der Waals surface area contributed by atoms with E-state index in [-0.39, 0.29) is 11.6 Å². The van der Waals surface area contributed by atoms with Gasteiger partial charge >= 0.3 is 5.97 Å². The maximum absolute atomic E-state index is 12.4. The van der Waals surface area contributed by atoms with E-state index in [9.17, 15) is 9.59 Å². The first kappa shape index (κ1) is 16.2. The maximum Gasteiger partial charge on any atom is 0.360 e. The minimum Gasteiger partial charge on any atom is -0.464 e. The summed E-state index contributed by atoms with van der Waals surface area (Å²) in [6.07, 6.45) is 5.43. The van der Waals surface area contributed by atoms with E-state index in [1.807, 2.05) is 6.92 Å². The van der Waals surface area contributed by atoms with E-state index in [0.29, 0.717) is 12.1 Å². The molecule has 0 bridgehead atoms. The van der Waals surface area contributed by atoms with Crippen LogP contribution in [0, 0.1) is 0 Å². The lowest BCUT2D eigenvalue weighted by Crippen LogP contribution is -2.26. The first-order chi connectivity index (χ1) is 10.5. The lowest BCUT2D eigenvalue weighted by Gasteiger charge is -2.15. The minimum absolute atomic E-state index is 0.0647. The quantitative estimate of drug-likeness (QED) is 0.810. The summed E-state index contributed by atoms with van der Waals surface area (Å²) in [4.78, 5) is 24.1. The topological polar surface area (TPSA) is 91.0 Å². The Morgan fingerprint density at radius 3 is 2.73 bits per heavy atom.